The molecule has 1 fully saturated rings. The number of hydrogen-bond donors (Lipinski definition) is 0. The zero-order valence-corrected chi connectivity index (χ0v) is 18.8. The quantitative estimate of drug-likeness (QED) is 0.375. The Hall–Kier alpha value is -2.96. The number of para-hydroxylation sites is 2. The minimum atomic E-state index is -0.128. The first-order valence-electron chi connectivity index (χ1n) is 11.2. The topological polar surface area (TPSA) is 24.3 Å². The van der Waals surface area contributed by atoms with Gasteiger partial charge in [0.05, 0.1) is 27.6 Å². The van der Waals surface area contributed by atoms with E-state index in [0.717, 1.165) is 68.3 Å². The molecule has 164 valence electrons. The van der Waals surface area contributed by atoms with Crippen molar-refractivity contribution < 1.29 is 4.39 Å². The van der Waals surface area contributed by atoms with E-state index in [1.165, 1.54) is 4.88 Å². The Balaban J connectivity index is 1.19. The molecule has 2 aromatic carbocycles. The Bertz CT molecular complexity index is 1130. The highest BCUT2D eigenvalue weighted by Gasteiger charge is 2.19. The predicted octanol–water partition coefficient (Wildman–Crippen LogP) is 5.49. The molecule has 0 atom stereocenters. The van der Waals surface area contributed by atoms with Crippen LogP contribution in [0.25, 0.3) is 16.3 Å². The number of rotatable bonds is 7. The van der Waals surface area contributed by atoms with Crippen LogP contribution in [0.2, 0.25) is 0 Å². The highest BCUT2D eigenvalue weighted by Crippen LogP contribution is 2.28. The molecule has 1 aliphatic heterocycles. The van der Waals surface area contributed by atoms with Crippen LogP contribution in [0.4, 0.5) is 10.1 Å². The average molecular weight is 447 g/mol. The Morgan fingerprint density at radius 3 is 2.41 bits per heavy atom. The third-order valence-corrected chi connectivity index (χ3v) is 6.90. The van der Waals surface area contributed by atoms with Gasteiger partial charge >= 0.3 is 0 Å². The van der Waals surface area contributed by atoms with E-state index in [1.54, 1.807) is 23.5 Å². The molecular formula is C26H27FN4S. The van der Waals surface area contributed by atoms with Crippen LogP contribution in [0, 0.1) is 5.82 Å². The summed E-state index contributed by atoms with van der Waals surface area (Å²) in [5.41, 5.74) is 4.09. The summed E-state index contributed by atoms with van der Waals surface area (Å²) >= 11 is 1.74. The molecule has 0 bridgehead atoms. The molecular weight excluding hydrogens is 419 g/mol. The van der Waals surface area contributed by atoms with E-state index >= 15 is 0 Å². The standard InChI is InChI=1S/C26H27FN4S/c27-23-11-4-5-12-24(23)30-17-15-29(16-18-30)14-6-8-21-20-25(26-13-7-19-32-26)31(28-21)22-9-2-1-3-10-22/h1-5,7,9-13,19-20H,6,8,14-18H2. The van der Waals surface area contributed by atoms with Gasteiger partial charge in [-0.25, -0.2) is 9.07 Å². The molecule has 0 amide bonds. The van der Waals surface area contributed by atoms with E-state index in [9.17, 15) is 4.39 Å². The molecule has 0 spiro atoms. The van der Waals surface area contributed by atoms with Gasteiger partial charge in [0, 0.05) is 26.2 Å². The van der Waals surface area contributed by atoms with Crippen LogP contribution in [0.1, 0.15) is 12.1 Å². The largest absolute Gasteiger partial charge is 0.367 e. The van der Waals surface area contributed by atoms with Crippen LogP contribution in [-0.4, -0.2) is 47.4 Å². The van der Waals surface area contributed by atoms with Gasteiger partial charge in [0.15, 0.2) is 0 Å². The zero-order valence-electron chi connectivity index (χ0n) is 18.0. The summed E-state index contributed by atoms with van der Waals surface area (Å²) in [4.78, 5) is 5.86. The van der Waals surface area contributed by atoms with Crippen LogP contribution in [0.3, 0.4) is 0 Å². The van der Waals surface area contributed by atoms with Crippen molar-refractivity contribution in [2.24, 2.45) is 0 Å². The van der Waals surface area contributed by atoms with Crippen molar-refractivity contribution in [3.8, 4) is 16.3 Å². The second kappa shape index (κ2) is 9.67. The van der Waals surface area contributed by atoms with Gasteiger partial charge in [-0.05, 0) is 61.2 Å². The van der Waals surface area contributed by atoms with Gasteiger partial charge in [0.2, 0.25) is 0 Å². The maximum atomic E-state index is 14.1. The maximum absolute atomic E-state index is 14.1. The number of hydrogen-bond acceptors (Lipinski definition) is 4. The van der Waals surface area contributed by atoms with Crippen molar-refractivity contribution >= 4 is 17.0 Å². The highest BCUT2D eigenvalue weighted by atomic mass is 32.1. The summed E-state index contributed by atoms with van der Waals surface area (Å²) in [6.45, 7) is 4.70. The average Bonchev–Trinajstić information content (AvgIpc) is 3.51. The van der Waals surface area contributed by atoms with Crippen molar-refractivity contribution in [3.63, 3.8) is 0 Å². The summed E-state index contributed by atoms with van der Waals surface area (Å²) in [6.07, 6.45) is 2.01. The first-order chi connectivity index (χ1) is 15.8. The number of thiophene rings is 1. The van der Waals surface area contributed by atoms with Gasteiger partial charge in [-0.3, -0.25) is 4.90 Å². The molecule has 4 nitrogen and oxygen atoms in total. The van der Waals surface area contributed by atoms with Crippen molar-refractivity contribution in [2.45, 2.75) is 12.8 Å². The zero-order chi connectivity index (χ0) is 21.8. The third-order valence-electron chi connectivity index (χ3n) is 6.01. The molecule has 6 heteroatoms. The van der Waals surface area contributed by atoms with Crippen LogP contribution in [0.5, 0.6) is 0 Å². The van der Waals surface area contributed by atoms with Gasteiger partial charge in [-0.1, -0.05) is 36.4 Å². The molecule has 0 N–H and O–H groups in total. The maximum Gasteiger partial charge on any atom is 0.146 e. The summed E-state index contributed by atoms with van der Waals surface area (Å²) in [6, 6.07) is 23.9. The molecule has 0 radical (unpaired) electrons. The molecule has 0 saturated carbocycles. The monoisotopic (exact) mass is 446 g/mol. The molecule has 1 aliphatic rings. The lowest BCUT2D eigenvalue weighted by molar-refractivity contribution is 0.254. The summed E-state index contributed by atoms with van der Waals surface area (Å²) < 4.78 is 16.1. The molecule has 1 saturated heterocycles. The lowest BCUT2D eigenvalue weighted by Crippen LogP contribution is -2.47. The SMILES string of the molecule is Fc1ccccc1N1CCN(CCCc2cc(-c3cccs3)n(-c3ccccc3)n2)CC1. The van der Waals surface area contributed by atoms with E-state index < -0.39 is 0 Å². The van der Waals surface area contributed by atoms with E-state index in [4.69, 9.17) is 5.10 Å². The molecule has 0 unspecified atom stereocenters. The number of nitrogens with zero attached hydrogens (tertiary/aromatic N) is 4. The minimum absolute atomic E-state index is 0.128. The number of benzene rings is 2. The van der Waals surface area contributed by atoms with Gasteiger partial charge in [0.1, 0.15) is 5.82 Å². The Morgan fingerprint density at radius 2 is 1.66 bits per heavy atom. The molecule has 3 heterocycles. The lowest BCUT2D eigenvalue weighted by Gasteiger charge is -2.36. The fourth-order valence-corrected chi connectivity index (χ4v) is 5.05. The fraction of sp³-hybridized carbons (Fsp3) is 0.269. The van der Waals surface area contributed by atoms with Crippen LogP contribution in [0.15, 0.2) is 78.2 Å². The van der Waals surface area contributed by atoms with Crippen molar-refractivity contribution in [1.82, 2.24) is 14.7 Å². The van der Waals surface area contributed by atoms with Crippen molar-refractivity contribution in [1.29, 1.82) is 0 Å². The number of aromatic nitrogens is 2. The van der Waals surface area contributed by atoms with Gasteiger partial charge in [0.25, 0.3) is 0 Å². The summed E-state index contributed by atoms with van der Waals surface area (Å²) in [7, 11) is 0. The first kappa shape index (κ1) is 20.9. The summed E-state index contributed by atoms with van der Waals surface area (Å²) in [5.74, 6) is -0.128. The molecule has 0 aliphatic carbocycles. The smallest absolute Gasteiger partial charge is 0.146 e. The van der Waals surface area contributed by atoms with Gasteiger partial charge in [-0.15, -0.1) is 11.3 Å². The van der Waals surface area contributed by atoms with Crippen molar-refractivity contribution in [3.05, 3.63) is 89.7 Å². The Labute approximate surface area is 192 Å². The normalized spacial score (nSPS) is 14.7. The van der Waals surface area contributed by atoms with Crippen LogP contribution >= 0.6 is 11.3 Å². The van der Waals surface area contributed by atoms with Gasteiger partial charge < -0.3 is 4.90 Å². The van der Waals surface area contributed by atoms with E-state index in [-0.39, 0.29) is 5.82 Å². The van der Waals surface area contributed by atoms with E-state index in [0.29, 0.717) is 0 Å². The van der Waals surface area contributed by atoms with Crippen LogP contribution < -0.4 is 4.90 Å². The lowest BCUT2D eigenvalue weighted by atomic mass is 10.2. The third kappa shape index (κ3) is 4.61. The van der Waals surface area contributed by atoms with E-state index in [1.807, 2.05) is 18.2 Å². The second-order valence-corrected chi connectivity index (χ2v) is 9.08. The van der Waals surface area contributed by atoms with E-state index in [2.05, 4.69) is 62.3 Å². The number of aryl methyl sites for hydroxylation is 1. The highest BCUT2D eigenvalue weighted by molar-refractivity contribution is 7.13. The molecule has 5 rings (SSSR count). The first-order valence-corrected chi connectivity index (χ1v) is 12.1. The van der Waals surface area contributed by atoms with Gasteiger partial charge in [-0.2, -0.15) is 5.10 Å². The minimum Gasteiger partial charge on any atom is -0.367 e. The number of halogens is 1. The fourth-order valence-electron chi connectivity index (χ4n) is 4.32. The number of piperazine rings is 1. The predicted molar refractivity (Wildman–Crippen MR) is 130 cm³/mol. The molecule has 32 heavy (non-hydrogen) atoms. The van der Waals surface area contributed by atoms with Crippen LogP contribution in [-0.2, 0) is 6.42 Å². The second-order valence-electron chi connectivity index (χ2n) is 8.13. The van der Waals surface area contributed by atoms with Crippen molar-refractivity contribution in [2.75, 3.05) is 37.6 Å². The summed E-state index contributed by atoms with van der Waals surface area (Å²) in [5, 5.41) is 7.04. The Morgan fingerprint density at radius 1 is 0.875 bits per heavy atom. The molecule has 4 aromatic rings. The Kier molecular flexibility index (Phi) is 6.32. The number of anilines is 1. The molecule has 2 aromatic heterocycles.